The van der Waals surface area contributed by atoms with Crippen molar-refractivity contribution in [3.8, 4) is 0 Å². The van der Waals surface area contributed by atoms with Crippen LogP contribution < -0.4 is 5.32 Å². The third-order valence-electron chi connectivity index (χ3n) is 7.50. The second-order valence-electron chi connectivity index (χ2n) is 9.42. The fourth-order valence-corrected chi connectivity index (χ4v) is 6.54. The molecule has 2 aromatic rings. The van der Waals surface area contributed by atoms with Gasteiger partial charge in [0.1, 0.15) is 6.04 Å². The molecule has 6 heteroatoms. The minimum absolute atomic E-state index is 0.0526. The number of aromatic amines is 1. The van der Waals surface area contributed by atoms with Crippen molar-refractivity contribution in [3.63, 3.8) is 0 Å². The molecule has 4 atom stereocenters. The molecular formula is C24H32BrN3O2. The van der Waals surface area contributed by atoms with E-state index in [1.807, 2.05) is 0 Å². The maximum atomic E-state index is 12.4. The normalized spacial score (nSPS) is 29.4. The number of fused-ring (bicyclic) bond motifs is 2. The molecule has 3 aliphatic rings. The van der Waals surface area contributed by atoms with Gasteiger partial charge in [-0.3, -0.25) is 4.79 Å². The first-order valence-corrected chi connectivity index (χ1v) is 12.3. The summed E-state index contributed by atoms with van der Waals surface area (Å²) in [6.07, 6.45) is 7.61. The van der Waals surface area contributed by atoms with Crippen LogP contribution in [0.25, 0.3) is 10.9 Å². The molecule has 5 rings (SSSR count). The molecule has 2 aliphatic heterocycles. The number of hydrogen-bond acceptors (Lipinski definition) is 4. The van der Waals surface area contributed by atoms with Crippen LogP contribution in [0.1, 0.15) is 55.6 Å². The van der Waals surface area contributed by atoms with Gasteiger partial charge in [0.2, 0.25) is 0 Å². The summed E-state index contributed by atoms with van der Waals surface area (Å²) < 4.78 is 6.83. The highest BCUT2D eigenvalue weighted by Crippen LogP contribution is 2.46. The number of likely N-dealkylation sites (tertiary alicyclic amines) is 1. The van der Waals surface area contributed by atoms with E-state index in [2.05, 4.69) is 56.4 Å². The predicted molar refractivity (Wildman–Crippen MR) is 123 cm³/mol. The number of nitrogens with zero attached hydrogens (tertiary/aromatic N) is 1. The average Bonchev–Trinajstić information content (AvgIpc) is 2.92. The topological polar surface area (TPSA) is 57.4 Å². The lowest BCUT2D eigenvalue weighted by atomic mass is 9.72. The first-order chi connectivity index (χ1) is 14.6. The largest absolute Gasteiger partial charge is 0.465 e. The number of benzene rings is 1. The molecule has 2 saturated heterocycles. The quantitative estimate of drug-likeness (QED) is 0.647. The van der Waals surface area contributed by atoms with Crippen LogP contribution in [0, 0.1) is 5.92 Å². The lowest BCUT2D eigenvalue weighted by molar-refractivity contribution is -0.146. The molecule has 0 saturated carbocycles. The van der Waals surface area contributed by atoms with Gasteiger partial charge in [-0.05, 0) is 84.7 Å². The lowest BCUT2D eigenvalue weighted by Crippen LogP contribution is -2.48. The maximum Gasteiger partial charge on any atom is 0.323 e. The van der Waals surface area contributed by atoms with Crippen LogP contribution >= 0.6 is 15.9 Å². The van der Waals surface area contributed by atoms with Crippen LogP contribution in [0.2, 0.25) is 0 Å². The first-order valence-electron chi connectivity index (χ1n) is 11.5. The van der Waals surface area contributed by atoms with Gasteiger partial charge in [-0.15, -0.1) is 0 Å². The summed E-state index contributed by atoms with van der Waals surface area (Å²) in [5.41, 5.74) is 4.15. The Morgan fingerprint density at radius 3 is 3.10 bits per heavy atom. The summed E-state index contributed by atoms with van der Waals surface area (Å²) in [7, 11) is 2.26. The van der Waals surface area contributed by atoms with Gasteiger partial charge in [0, 0.05) is 29.4 Å². The van der Waals surface area contributed by atoms with Crippen LogP contribution in [0.5, 0.6) is 0 Å². The zero-order chi connectivity index (χ0) is 20.7. The van der Waals surface area contributed by atoms with Crippen LogP contribution in [0.4, 0.5) is 0 Å². The fraction of sp³-hybridized carbons (Fsp3) is 0.625. The molecule has 2 fully saturated rings. The van der Waals surface area contributed by atoms with E-state index in [-0.39, 0.29) is 12.0 Å². The van der Waals surface area contributed by atoms with Crippen molar-refractivity contribution in [2.24, 2.45) is 5.92 Å². The van der Waals surface area contributed by atoms with E-state index >= 15 is 0 Å². The number of halogens is 1. The summed E-state index contributed by atoms with van der Waals surface area (Å²) in [5, 5.41) is 4.77. The highest BCUT2D eigenvalue weighted by molar-refractivity contribution is 9.10. The van der Waals surface area contributed by atoms with E-state index in [9.17, 15) is 4.79 Å². The summed E-state index contributed by atoms with van der Waals surface area (Å²) in [6.45, 7) is 2.55. The van der Waals surface area contributed by atoms with E-state index in [1.54, 1.807) is 0 Å². The standard InChI is InChI=1S/C24H32BrN3O2/c1-28-14-15(9-11-30-24(29)20-7-3-2-4-10-26-20)12-17-16-6-5-8-19-22(16)18(13-21(17)28)23(25)27-19/h5-6,8,15,17,20-21,26-27H,2-4,7,9-14H2,1H3/t15-,17-,20-,21-/m1/s1. The lowest BCUT2D eigenvalue weighted by Gasteiger charge is -2.45. The number of hydrogen-bond donors (Lipinski definition) is 2. The first kappa shape index (κ1) is 20.5. The van der Waals surface area contributed by atoms with Gasteiger partial charge in [0.25, 0.3) is 0 Å². The summed E-state index contributed by atoms with van der Waals surface area (Å²) in [6, 6.07) is 7.12. The van der Waals surface area contributed by atoms with Crippen molar-refractivity contribution in [1.82, 2.24) is 15.2 Å². The average molecular weight is 474 g/mol. The SMILES string of the molecule is CN1C[C@H](CCOC(=O)[C@H]2CCCCCN2)C[C@@H]2c3cccc4[nH]c(Br)c(c34)C[C@H]21. The van der Waals surface area contributed by atoms with Gasteiger partial charge in [0.05, 0.1) is 11.2 Å². The number of likely N-dealkylation sites (N-methyl/N-ethyl adjacent to an activating group) is 1. The molecule has 0 radical (unpaired) electrons. The van der Waals surface area contributed by atoms with Crippen molar-refractivity contribution in [3.05, 3.63) is 33.9 Å². The Labute approximate surface area is 187 Å². The Morgan fingerprint density at radius 2 is 2.20 bits per heavy atom. The third kappa shape index (κ3) is 3.82. The number of esters is 1. The van der Waals surface area contributed by atoms with Crippen LogP contribution in [0.3, 0.4) is 0 Å². The smallest absolute Gasteiger partial charge is 0.323 e. The Hall–Kier alpha value is -1.37. The molecular weight excluding hydrogens is 442 g/mol. The van der Waals surface area contributed by atoms with Crippen molar-refractivity contribution >= 4 is 32.8 Å². The van der Waals surface area contributed by atoms with Gasteiger partial charge < -0.3 is 19.9 Å². The molecule has 1 aromatic heterocycles. The highest BCUT2D eigenvalue weighted by Gasteiger charge is 2.40. The zero-order valence-electron chi connectivity index (χ0n) is 17.8. The molecule has 1 aliphatic carbocycles. The second kappa shape index (κ2) is 8.64. The van der Waals surface area contributed by atoms with Crippen molar-refractivity contribution < 1.29 is 9.53 Å². The fourth-order valence-electron chi connectivity index (χ4n) is 5.96. The van der Waals surface area contributed by atoms with E-state index < -0.39 is 0 Å². The number of ether oxygens (including phenoxy) is 1. The van der Waals surface area contributed by atoms with Crippen LogP contribution in [0.15, 0.2) is 22.8 Å². The Kier molecular flexibility index (Phi) is 5.91. The van der Waals surface area contributed by atoms with Gasteiger partial charge in [-0.1, -0.05) is 25.0 Å². The van der Waals surface area contributed by atoms with Gasteiger partial charge >= 0.3 is 5.97 Å². The van der Waals surface area contributed by atoms with Crippen molar-refractivity contribution in [2.45, 2.75) is 62.9 Å². The van der Waals surface area contributed by atoms with E-state index in [0.29, 0.717) is 24.5 Å². The monoisotopic (exact) mass is 473 g/mol. The molecule has 0 unspecified atom stereocenters. The number of nitrogens with one attached hydrogen (secondary N) is 2. The predicted octanol–water partition coefficient (Wildman–Crippen LogP) is 4.36. The molecule has 1 aromatic carbocycles. The highest BCUT2D eigenvalue weighted by atomic mass is 79.9. The number of carbonyl (C=O) groups excluding carboxylic acids is 1. The van der Waals surface area contributed by atoms with E-state index in [0.717, 1.165) is 49.8 Å². The van der Waals surface area contributed by atoms with Crippen LogP contribution in [-0.4, -0.2) is 54.7 Å². The minimum Gasteiger partial charge on any atom is -0.465 e. The van der Waals surface area contributed by atoms with Crippen molar-refractivity contribution in [2.75, 3.05) is 26.7 Å². The maximum absolute atomic E-state index is 12.4. The second-order valence-corrected chi connectivity index (χ2v) is 10.2. The van der Waals surface area contributed by atoms with Gasteiger partial charge in [0.15, 0.2) is 0 Å². The number of H-pyrrole nitrogens is 1. The summed E-state index contributed by atoms with van der Waals surface area (Å²) >= 11 is 3.74. The number of carbonyl (C=O) groups is 1. The minimum atomic E-state index is -0.104. The van der Waals surface area contributed by atoms with Gasteiger partial charge in [-0.25, -0.2) is 0 Å². The Morgan fingerprint density at radius 1 is 1.30 bits per heavy atom. The molecule has 0 spiro atoms. The van der Waals surface area contributed by atoms with E-state index in [1.165, 1.54) is 34.9 Å². The van der Waals surface area contributed by atoms with E-state index in [4.69, 9.17) is 4.74 Å². The molecule has 0 bridgehead atoms. The third-order valence-corrected chi connectivity index (χ3v) is 8.18. The van der Waals surface area contributed by atoms with Gasteiger partial charge in [-0.2, -0.15) is 0 Å². The number of piperidine rings is 1. The van der Waals surface area contributed by atoms with Crippen molar-refractivity contribution in [1.29, 1.82) is 0 Å². The Balaban J connectivity index is 1.24. The molecule has 5 nitrogen and oxygen atoms in total. The number of aromatic nitrogens is 1. The molecule has 2 N–H and O–H groups in total. The zero-order valence-corrected chi connectivity index (χ0v) is 19.3. The molecule has 3 heterocycles. The number of rotatable bonds is 4. The molecule has 30 heavy (non-hydrogen) atoms. The Bertz CT molecular complexity index is 919. The molecule has 162 valence electrons. The van der Waals surface area contributed by atoms with Crippen LogP contribution in [-0.2, 0) is 16.0 Å². The summed E-state index contributed by atoms with van der Waals surface area (Å²) in [4.78, 5) is 18.5. The summed E-state index contributed by atoms with van der Waals surface area (Å²) in [5.74, 6) is 1.06. The molecule has 0 amide bonds.